The Balaban J connectivity index is 1.33. The number of nitrogens with one attached hydrogen (secondary N) is 2. The number of piperidine rings is 1. The molecule has 3 aromatic rings. The maximum atomic E-state index is 14.1. The van der Waals surface area contributed by atoms with Gasteiger partial charge in [0.1, 0.15) is 0 Å². The Kier molecular flexibility index (Phi) is 10.3. The molecule has 246 valence electrons. The number of hydrogen-bond acceptors (Lipinski definition) is 5. The molecule has 1 aromatic heterocycles. The summed E-state index contributed by atoms with van der Waals surface area (Å²) in [7, 11) is 0. The van der Waals surface area contributed by atoms with Gasteiger partial charge in [-0.25, -0.2) is 0 Å². The molecule has 2 aliphatic heterocycles. The van der Waals surface area contributed by atoms with Crippen LogP contribution in [0.1, 0.15) is 109 Å². The van der Waals surface area contributed by atoms with Crippen molar-refractivity contribution in [2.75, 3.05) is 37.7 Å². The van der Waals surface area contributed by atoms with Crippen molar-refractivity contribution in [2.24, 2.45) is 0 Å². The molecule has 1 unspecified atom stereocenters. The quantitative estimate of drug-likeness (QED) is 0.268. The van der Waals surface area contributed by atoms with E-state index in [0.717, 1.165) is 91.9 Å². The van der Waals surface area contributed by atoms with Crippen LogP contribution in [0.3, 0.4) is 0 Å². The second kappa shape index (κ2) is 14.6. The zero-order chi connectivity index (χ0) is 32.2. The number of H-pyrrole nitrogens is 1. The van der Waals surface area contributed by atoms with Crippen LogP contribution >= 0.6 is 0 Å². The summed E-state index contributed by atoms with van der Waals surface area (Å²) < 4.78 is 5.70. The van der Waals surface area contributed by atoms with Crippen LogP contribution in [-0.4, -0.2) is 54.7 Å². The third-order valence-electron chi connectivity index (χ3n) is 10.9. The van der Waals surface area contributed by atoms with E-state index in [1.165, 1.54) is 43.5 Å². The van der Waals surface area contributed by atoms with E-state index in [1.54, 1.807) is 0 Å². The number of anilines is 1. The Hall–Kier alpha value is -3.42. The van der Waals surface area contributed by atoms with E-state index in [2.05, 4.69) is 71.2 Å². The number of aryl methyl sites for hydroxylation is 1. The average molecular weight is 625 g/mol. The van der Waals surface area contributed by atoms with Gasteiger partial charge < -0.3 is 19.9 Å². The number of fused-ring (bicyclic) bond motifs is 1. The highest BCUT2D eigenvalue weighted by Gasteiger charge is 2.26. The molecule has 2 N–H and O–H groups in total. The Bertz CT molecular complexity index is 1580. The summed E-state index contributed by atoms with van der Waals surface area (Å²) >= 11 is 0. The van der Waals surface area contributed by atoms with Crippen molar-refractivity contribution in [3.05, 3.63) is 85.8 Å². The first-order chi connectivity index (χ1) is 22.4. The van der Waals surface area contributed by atoms with Gasteiger partial charge in [0, 0.05) is 60.9 Å². The molecule has 3 heterocycles. The van der Waals surface area contributed by atoms with Gasteiger partial charge >= 0.3 is 0 Å². The number of carbonyl (C=O) groups excluding carboxylic acids is 1. The molecule has 3 aliphatic rings. The lowest BCUT2D eigenvalue weighted by Gasteiger charge is -2.37. The highest BCUT2D eigenvalue weighted by atomic mass is 16.5. The number of pyridine rings is 1. The molecule has 0 saturated carbocycles. The number of nitrogens with zero attached hydrogens (tertiary/aromatic N) is 2. The van der Waals surface area contributed by atoms with Gasteiger partial charge in [0.25, 0.3) is 11.5 Å². The number of hydrogen-bond donors (Lipinski definition) is 2. The van der Waals surface area contributed by atoms with Crippen molar-refractivity contribution in [1.82, 2.24) is 15.2 Å². The van der Waals surface area contributed by atoms with Crippen LogP contribution in [0.2, 0.25) is 0 Å². The number of likely N-dealkylation sites (tertiary alicyclic amines) is 1. The minimum atomic E-state index is -0.136. The number of aromatic amines is 1. The second-order valence-electron chi connectivity index (χ2n) is 13.6. The summed E-state index contributed by atoms with van der Waals surface area (Å²) in [4.78, 5) is 35.2. The molecule has 1 atom stereocenters. The van der Waals surface area contributed by atoms with E-state index >= 15 is 0 Å². The summed E-state index contributed by atoms with van der Waals surface area (Å²) in [5.41, 5.74) is 10.2. The topological polar surface area (TPSA) is 77.7 Å². The SMILES string of the molecule is CCN(c1cc(-c2ccc(C(C)N3CCCCC3)cc2)cc(C(=O)NCc2c3c(c(C)[nH]c2=O)CCCC3)c1C)C1CCOCC1. The fourth-order valence-corrected chi connectivity index (χ4v) is 8.05. The lowest BCUT2D eigenvalue weighted by Crippen LogP contribution is -2.40. The summed E-state index contributed by atoms with van der Waals surface area (Å²) in [5.74, 6) is -0.136. The average Bonchev–Trinajstić information content (AvgIpc) is 3.09. The maximum Gasteiger partial charge on any atom is 0.253 e. The molecule has 6 rings (SSSR count). The largest absolute Gasteiger partial charge is 0.381 e. The third-order valence-corrected chi connectivity index (χ3v) is 10.9. The molecule has 2 saturated heterocycles. The standard InChI is InChI=1S/C39H52N4O3/c1-5-43(32-17-21-46-22-18-32)37-24-31(30-15-13-29(14-16-30)28(4)42-19-9-6-10-20-42)23-35(26(37)2)38(44)40-25-36-34-12-8-7-11-33(34)27(3)41-39(36)45/h13-16,23-24,28,32H,5-12,17-22,25H2,1-4H3,(H,40,44)(H,41,45). The van der Waals surface area contributed by atoms with Crippen LogP contribution in [-0.2, 0) is 24.1 Å². The number of benzene rings is 2. The van der Waals surface area contributed by atoms with E-state index in [-0.39, 0.29) is 18.0 Å². The van der Waals surface area contributed by atoms with Crippen LogP contribution in [0, 0.1) is 13.8 Å². The van der Waals surface area contributed by atoms with Gasteiger partial charge in [0.2, 0.25) is 0 Å². The van der Waals surface area contributed by atoms with Crippen molar-refractivity contribution in [1.29, 1.82) is 0 Å². The molecule has 0 spiro atoms. The minimum absolute atomic E-state index is 0.0832. The zero-order valence-corrected chi connectivity index (χ0v) is 28.3. The lowest BCUT2D eigenvalue weighted by molar-refractivity contribution is 0.0846. The van der Waals surface area contributed by atoms with Crippen molar-refractivity contribution >= 4 is 11.6 Å². The van der Waals surface area contributed by atoms with Gasteiger partial charge in [-0.15, -0.1) is 0 Å². The van der Waals surface area contributed by atoms with Gasteiger partial charge in [-0.3, -0.25) is 14.5 Å². The van der Waals surface area contributed by atoms with E-state index in [0.29, 0.717) is 23.2 Å². The monoisotopic (exact) mass is 624 g/mol. The number of ether oxygens (including phenoxy) is 1. The first kappa shape index (κ1) is 32.5. The van der Waals surface area contributed by atoms with E-state index in [1.807, 2.05) is 13.0 Å². The van der Waals surface area contributed by atoms with Crippen molar-refractivity contribution < 1.29 is 9.53 Å². The molecule has 2 aromatic carbocycles. The van der Waals surface area contributed by atoms with Gasteiger partial charge in [-0.05, 0) is 138 Å². The second-order valence-corrected chi connectivity index (χ2v) is 13.6. The highest BCUT2D eigenvalue weighted by Crippen LogP contribution is 2.35. The lowest BCUT2D eigenvalue weighted by atomic mass is 9.88. The molecule has 2 fully saturated rings. The van der Waals surface area contributed by atoms with Crippen LogP contribution in [0.5, 0.6) is 0 Å². The van der Waals surface area contributed by atoms with E-state index in [4.69, 9.17) is 4.74 Å². The van der Waals surface area contributed by atoms with Crippen LogP contribution in [0.15, 0.2) is 41.2 Å². The fourth-order valence-electron chi connectivity index (χ4n) is 8.05. The smallest absolute Gasteiger partial charge is 0.253 e. The summed E-state index contributed by atoms with van der Waals surface area (Å²) in [6.45, 7) is 13.5. The molecule has 46 heavy (non-hydrogen) atoms. The summed E-state index contributed by atoms with van der Waals surface area (Å²) in [5, 5.41) is 3.17. The predicted molar refractivity (Wildman–Crippen MR) is 187 cm³/mol. The summed E-state index contributed by atoms with van der Waals surface area (Å²) in [6, 6.07) is 14.0. The van der Waals surface area contributed by atoms with Crippen molar-refractivity contribution in [3.8, 4) is 11.1 Å². The molecule has 0 radical (unpaired) electrons. The Labute approximate surface area is 274 Å². The van der Waals surface area contributed by atoms with E-state index < -0.39 is 0 Å². The van der Waals surface area contributed by atoms with Crippen LogP contribution < -0.4 is 15.8 Å². The molecular weight excluding hydrogens is 572 g/mol. The van der Waals surface area contributed by atoms with Gasteiger partial charge in [-0.1, -0.05) is 30.7 Å². The molecular formula is C39H52N4O3. The molecule has 7 nitrogen and oxygen atoms in total. The van der Waals surface area contributed by atoms with Crippen LogP contribution in [0.25, 0.3) is 11.1 Å². The first-order valence-electron chi connectivity index (χ1n) is 17.7. The Morgan fingerprint density at radius 1 is 0.978 bits per heavy atom. The Morgan fingerprint density at radius 2 is 1.67 bits per heavy atom. The molecule has 1 aliphatic carbocycles. The first-order valence-corrected chi connectivity index (χ1v) is 17.7. The normalized spacial score (nSPS) is 18.2. The number of amides is 1. The number of rotatable bonds is 9. The summed E-state index contributed by atoms with van der Waals surface area (Å²) in [6.07, 6.45) is 9.94. The van der Waals surface area contributed by atoms with Crippen molar-refractivity contribution in [3.63, 3.8) is 0 Å². The zero-order valence-electron chi connectivity index (χ0n) is 28.3. The van der Waals surface area contributed by atoms with Gasteiger partial charge in [0.15, 0.2) is 0 Å². The fraction of sp³-hybridized carbons (Fsp3) is 0.538. The van der Waals surface area contributed by atoms with Gasteiger partial charge in [-0.2, -0.15) is 0 Å². The van der Waals surface area contributed by atoms with E-state index in [9.17, 15) is 9.59 Å². The highest BCUT2D eigenvalue weighted by molar-refractivity contribution is 5.99. The van der Waals surface area contributed by atoms with Crippen molar-refractivity contribution in [2.45, 2.75) is 104 Å². The number of carbonyl (C=O) groups is 1. The minimum Gasteiger partial charge on any atom is -0.381 e. The van der Waals surface area contributed by atoms with Gasteiger partial charge in [0.05, 0.1) is 0 Å². The Morgan fingerprint density at radius 3 is 2.37 bits per heavy atom. The van der Waals surface area contributed by atoms with Crippen LogP contribution in [0.4, 0.5) is 5.69 Å². The molecule has 0 bridgehead atoms. The predicted octanol–water partition coefficient (Wildman–Crippen LogP) is 7.02. The third kappa shape index (κ3) is 6.82. The maximum absolute atomic E-state index is 14.1. The molecule has 7 heteroatoms. The molecule has 1 amide bonds. The number of aromatic nitrogens is 1.